The van der Waals surface area contributed by atoms with Gasteiger partial charge in [-0.15, -0.1) is 0 Å². The van der Waals surface area contributed by atoms with Gasteiger partial charge in [0.15, 0.2) is 0 Å². The van der Waals surface area contributed by atoms with E-state index in [9.17, 15) is 0 Å². The SMILES string of the molecule is [2H]C([2H])([2H])N[C@@H]1CC[C@H](c2ccc(Cl)c(Cl)c2)c2ccccc21. The lowest BCUT2D eigenvalue weighted by molar-refractivity contribution is 0.471. The third kappa shape index (κ3) is 2.46. The Hall–Kier alpha value is -1.02. The molecule has 0 bridgehead atoms. The van der Waals surface area contributed by atoms with Crippen LogP contribution < -0.4 is 5.32 Å². The van der Waals surface area contributed by atoms with Crippen LogP contribution in [-0.4, -0.2) is 6.98 Å². The van der Waals surface area contributed by atoms with Gasteiger partial charge >= 0.3 is 0 Å². The number of fused-ring (bicyclic) bond motifs is 1. The third-order valence-electron chi connectivity index (χ3n) is 4.01. The van der Waals surface area contributed by atoms with Crippen LogP contribution in [0.3, 0.4) is 0 Å². The first kappa shape index (κ1) is 10.7. The maximum absolute atomic E-state index is 7.47. The minimum Gasteiger partial charge on any atom is -0.313 e. The molecule has 1 nitrogen and oxygen atoms in total. The molecule has 0 heterocycles. The van der Waals surface area contributed by atoms with Crippen LogP contribution in [0, 0.1) is 0 Å². The van der Waals surface area contributed by atoms with Crippen molar-refractivity contribution in [3.63, 3.8) is 0 Å². The van der Waals surface area contributed by atoms with E-state index in [2.05, 4.69) is 11.4 Å². The Kier molecular flexibility index (Phi) is 3.08. The molecule has 2 aromatic carbocycles. The first-order valence-electron chi connectivity index (χ1n) is 8.16. The molecule has 0 unspecified atom stereocenters. The molecule has 20 heavy (non-hydrogen) atoms. The highest BCUT2D eigenvalue weighted by Gasteiger charge is 2.27. The molecule has 0 aromatic heterocycles. The lowest BCUT2D eigenvalue weighted by atomic mass is 9.77. The van der Waals surface area contributed by atoms with E-state index in [4.69, 9.17) is 27.3 Å². The van der Waals surface area contributed by atoms with Gasteiger partial charge in [0, 0.05) is 16.1 Å². The van der Waals surface area contributed by atoms with Gasteiger partial charge in [-0.25, -0.2) is 0 Å². The van der Waals surface area contributed by atoms with Crippen molar-refractivity contribution in [1.29, 1.82) is 0 Å². The van der Waals surface area contributed by atoms with Crippen molar-refractivity contribution in [2.75, 3.05) is 6.98 Å². The van der Waals surface area contributed by atoms with Crippen molar-refractivity contribution in [2.24, 2.45) is 0 Å². The zero-order chi connectivity index (χ0) is 16.6. The maximum Gasteiger partial charge on any atom is 0.0595 e. The lowest BCUT2D eigenvalue weighted by Gasteiger charge is -2.32. The van der Waals surface area contributed by atoms with Crippen molar-refractivity contribution >= 4 is 23.2 Å². The second-order valence-corrected chi connectivity index (χ2v) is 5.94. The molecule has 3 heteroatoms. The number of hydrogen-bond donors (Lipinski definition) is 1. The molecule has 0 fully saturated rings. The number of hydrogen-bond acceptors (Lipinski definition) is 1. The van der Waals surface area contributed by atoms with E-state index in [1.165, 1.54) is 0 Å². The molecule has 3 rings (SSSR count). The van der Waals surface area contributed by atoms with Crippen LogP contribution in [0.4, 0.5) is 0 Å². The molecule has 0 radical (unpaired) electrons. The molecule has 104 valence electrons. The van der Waals surface area contributed by atoms with Crippen LogP contribution in [0.15, 0.2) is 42.5 Å². The van der Waals surface area contributed by atoms with E-state index in [1.807, 2.05) is 36.4 Å². The fourth-order valence-corrected chi connectivity index (χ4v) is 3.32. The zero-order valence-corrected chi connectivity index (χ0v) is 12.4. The second-order valence-electron chi connectivity index (χ2n) is 5.13. The summed E-state index contributed by atoms with van der Waals surface area (Å²) in [4.78, 5) is 0. The number of halogens is 2. The molecule has 1 aliphatic rings. The van der Waals surface area contributed by atoms with Crippen molar-refractivity contribution in [3.8, 4) is 0 Å². The van der Waals surface area contributed by atoms with Crippen LogP contribution in [0.1, 0.15) is 45.6 Å². The summed E-state index contributed by atoms with van der Waals surface area (Å²) in [6.07, 6.45) is 1.63. The topological polar surface area (TPSA) is 12.0 Å². The lowest BCUT2D eigenvalue weighted by Crippen LogP contribution is -2.24. The second kappa shape index (κ2) is 5.77. The standard InChI is InChI=1S/C17H17Cl2N/c1-20-17-9-7-12(13-4-2-3-5-14(13)17)11-6-8-15(18)16(19)10-11/h2-6,8,10,12,17,20H,7,9H2,1H3/t12-,17-/m1/s1/i1D3. The van der Waals surface area contributed by atoms with E-state index in [1.54, 1.807) is 0 Å². The highest BCUT2D eigenvalue weighted by molar-refractivity contribution is 6.42. The summed E-state index contributed by atoms with van der Waals surface area (Å²) < 4.78 is 22.4. The Morgan fingerprint density at radius 3 is 2.60 bits per heavy atom. The molecular formula is C17H17Cl2N. The van der Waals surface area contributed by atoms with Crippen molar-refractivity contribution in [2.45, 2.75) is 24.8 Å². The molecule has 2 aromatic rings. The molecule has 1 aliphatic carbocycles. The molecule has 0 amide bonds. The predicted molar refractivity (Wildman–Crippen MR) is 85.8 cm³/mol. The first-order chi connectivity index (χ1) is 10.8. The van der Waals surface area contributed by atoms with E-state index in [-0.39, 0.29) is 12.0 Å². The number of nitrogens with one attached hydrogen (secondary N) is 1. The highest BCUT2D eigenvalue weighted by Crippen LogP contribution is 2.42. The van der Waals surface area contributed by atoms with Crippen LogP contribution >= 0.6 is 23.2 Å². The summed E-state index contributed by atoms with van der Waals surface area (Å²) >= 11 is 12.2. The van der Waals surface area contributed by atoms with Gasteiger partial charge in [-0.3, -0.25) is 0 Å². The Bertz CT molecular complexity index is 715. The van der Waals surface area contributed by atoms with Crippen molar-refractivity contribution in [3.05, 3.63) is 69.2 Å². The quantitative estimate of drug-likeness (QED) is 0.806. The summed E-state index contributed by atoms with van der Waals surface area (Å²) in [5.74, 6) is 0.204. The summed E-state index contributed by atoms with van der Waals surface area (Å²) in [6, 6.07) is 13.6. The predicted octanol–water partition coefficient (Wildman–Crippen LogP) is 5.18. The fraction of sp³-hybridized carbons (Fsp3) is 0.294. The minimum absolute atomic E-state index is 0.155. The molecule has 0 saturated carbocycles. The Morgan fingerprint density at radius 1 is 1.05 bits per heavy atom. The van der Waals surface area contributed by atoms with E-state index < -0.39 is 6.98 Å². The van der Waals surface area contributed by atoms with Gasteiger partial charge in [0.2, 0.25) is 0 Å². The van der Waals surface area contributed by atoms with Crippen LogP contribution in [-0.2, 0) is 0 Å². The Labute approximate surface area is 134 Å². The van der Waals surface area contributed by atoms with Gasteiger partial charge in [-0.1, -0.05) is 53.5 Å². The molecular weight excluding hydrogens is 289 g/mol. The van der Waals surface area contributed by atoms with Crippen LogP contribution in [0.2, 0.25) is 10.0 Å². The fourth-order valence-electron chi connectivity index (χ4n) is 3.02. The Morgan fingerprint density at radius 2 is 1.85 bits per heavy atom. The van der Waals surface area contributed by atoms with E-state index in [0.29, 0.717) is 10.0 Å². The average molecular weight is 309 g/mol. The molecule has 0 aliphatic heterocycles. The first-order valence-corrected chi connectivity index (χ1v) is 7.42. The van der Waals surface area contributed by atoms with Crippen LogP contribution in [0.25, 0.3) is 0 Å². The summed E-state index contributed by atoms with van der Waals surface area (Å²) in [7, 11) is 0. The van der Waals surface area contributed by atoms with Crippen LogP contribution in [0.5, 0.6) is 0 Å². The molecule has 0 saturated heterocycles. The smallest absolute Gasteiger partial charge is 0.0595 e. The van der Waals surface area contributed by atoms with Gasteiger partial charge in [-0.05, 0) is 48.6 Å². The summed E-state index contributed by atoms with van der Waals surface area (Å²) in [5.41, 5.74) is 3.31. The largest absolute Gasteiger partial charge is 0.313 e. The third-order valence-corrected chi connectivity index (χ3v) is 4.75. The van der Waals surface area contributed by atoms with Crippen molar-refractivity contribution < 1.29 is 4.11 Å². The average Bonchev–Trinajstić information content (AvgIpc) is 2.49. The normalized spacial score (nSPS) is 24.4. The van der Waals surface area contributed by atoms with Gasteiger partial charge in [0.1, 0.15) is 0 Å². The molecule has 0 spiro atoms. The maximum atomic E-state index is 7.47. The highest BCUT2D eigenvalue weighted by atomic mass is 35.5. The van der Waals surface area contributed by atoms with Gasteiger partial charge in [0.25, 0.3) is 0 Å². The van der Waals surface area contributed by atoms with Crippen molar-refractivity contribution in [1.82, 2.24) is 5.32 Å². The van der Waals surface area contributed by atoms with Gasteiger partial charge in [-0.2, -0.15) is 0 Å². The monoisotopic (exact) mass is 308 g/mol. The van der Waals surface area contributed by atoms with E-state index >= 15 is 0 Å². The van der Waals surface area contributed by atoms with Gasteiger partial charge in [0.05, 0.1) is 10.0 Å². The summed E-state index contributed by atoms with van der Waals surface area (Å²) in [5, 5.41) is 3.85. The molecule has 2 atom stereocenters. The van der Waals surface area contributed by atoms with Gasteiger partial charge < -0.3 is 5.32 Å². The van der Waals surface area contributed by atoms with E-state index in [0.717, 1.165) is 29.5 Å². The molecule has 1 N–H and O–H groups in total. The Balaban J connectivity index is 1.98. The zero-order valence-electron chi connectivity index (χ0n) is 13.9. The summed E-state index contributed by atoms with van der Waals surface area (Å²) in [6.45, 7) is -2.14. The number of benzene rings is 2. The minimum atomic E-state index is -2.14. The number of rotatable bonds is 2.